The Balaban J connectivity index is 1.48. The first-order chi connectivity index (χ1) is 11.1. The monoisotopic (exact) mass is 334 g/mol. The van der Waals surface area contributed by atoms with E-state index < -0.39 is 0 Å². The molecule has 1 aliphatic rings. The van der Waals surface area contributed by atoms with E-state index in [1.807, 2.05) is 36.0 Å². The standard InChI is InChI=1S/C16H19ClN4O2/c1-20-10-12(17)7-13(20)8-19-16(22)21-6-4-15(11-21)23-14-3-2-5-18-9-14/h2-3,5,7,9-10,15H,4,6,8,11H2,1H3,(H,19,22). The molecule has 0 bridgehead atoms. The lowest BCUT2D eigenvalue weighted by atomic mass is 10.3. The highest BCUT2D eigenvalue weighted by atomic mass is 35.5. The highest BCUT2D eigenvalue weighted by molar-refractivity contribution is 6.30. The van der Waals surface area contributed by atoms with E-state index in [1.54, 1.807) is 17.3 Å². The van der Waals surface area contributed by atoms with Crippen molar-refractivity contribution in [3.63, 3.8) is 0 Å². The summed E-state index contributed by atoms with van der Waals surface area (Å²) >= 11 is 5.94. The first-order valence-electron chi connectivity index (χ1n) is 7.52. The Morgan fingerprint density at radius 2 is 2.43 bits per heavy atom. The molecule has 7 heteroatoms. The number of pyridine rings is 1. The van der Waals surface area contributed by atoms with Gasteiger partial charge in [-0.25, -0.2) is 4.79 Å². The highest BCUT2D eigenvalue weighted by Crippen LogP contribution is 2.17. The maximum Gasteiger partial charge on any atom is 0.317 e. The van der Waals surface area contributed by atoms with Crippen LogP contribution in [0.4, 0.5) is 4.79 Å². The van der Waals surface area contributed by atoms with Gasteiger partial charge < -0.3 is 19.5 Å². The van der Waals surface area contributed by atoms with Gasteiger partial charge in [0.15, 0.2) is 0 Å². The number of nitrogens with one attached hydrogen (secondary N) is 1. The number of urea groups is 1. The Morgan fingerprint density at radius 3 is 3.13 bits per heavy atom. The summed E-state index contributed by atoms with van der Waals surface area (Å²) < 4.78 is 7.74. The zero-order chi connectivity index (χ0) is 16.2. The Bertz CT molecular complexity index is 674. The molecule has 3 rings (SSSR count). The summed E-state index contributed by atoms with van der Waals surface area (Å²) in [5.41, 5.74) is 0.964. The molecule has 0 aromatic carbocycles. The van der Waals surface area contributed by atoms with E-state index in [4.69, 9.17) is 16.3 Å². The van der Waals surface area contributed by atoms with Gasteiger partial charge in [0.25, 0.3) is 0 Å². The maximum absolute atomic E-state index is 12.2. The van der Waals surface area contributed by atoms with Crippen molar-refractivity contribution in [1.29, 1.82) is 0 Å². The van der Waals surface area contributed by atoms with Crippen LogP contribution in [0.2, 0.25) is 5.02 Å². The van der Waals surface area contributed by atoms with Gasteiger partial charge in [-0.15, -0.1) is 0 Å². The molecule has 0 radical (unpaired) electrons. The number of carbonyl (C=O) groups is 1. The summed E-state index contributed by atoms with van der Waals surface area (Å²) in [6.07, 6.45) is 6.03. The van der Waals surface area contributed by atoms with Crippen LogP contribution in [-0.4, -0.2) is 39.7 Å². The fourth-order valence-corrected chi connectivity index (χ4v) is 2.91. The van der Waals surface area contributed by atoms with Crippen LogP contribution in [0.3, 0.4) is 0 Å². The third-order valence-electron chi connectivity index (χ3n) is 3.86. The molecule has 0 aliphatic carbocycles. The molecule has 6 nitrogen and oxygen atoms in total. The van der Waals surface area contributed by atoms with Crippen molar-refractivity contribution >= 4 is 17.6 Å². The maximum atomic E-state index is 12.2. The minimum atomic E-state index is -0.0837. The number of aromatic nitrogens is 2. The molecular weight excluding hydrogens is 316 g/mol. The van der Waals surface area contributed by atoms with Crippen LogP contribution >= 0.6 is 11.6 Å². The average molecular weight is 335 g/mol. The van der Waals surface area contributed by atoms with Gasteiger partial charge in [0, 0.05) is 38.1 Å². The van der Waals surface area contributed by atoms with Crippen LogP contribution in [0.25, 0.3) is 0 Å². The topological polar surface area (TPSA) is 59.4 Å². The molecule has 2 aromatic rings. The molecule has 0 saturated carbocycles. The molecule has 2 aromatic heterocycles. The number of carbonyl (C=O) groups excluding carboxylic acids is 1. The van der Waals surface area contributed by atoms with Crippen molar-refractivity contribution in [1.82, 2.24) is 19.8 Å². The molecule has 23 heavy (non-hydrogen) atoms. The Morgan fingerprint density at radius 1 is 1.57 bits per heavy atom. The first-order valence-corrected chi connectivity index (χ1v) is 7.90. The zero-order valence-corrected chi connectivity index (χ0v) is 13.7. The summed E-state index contributed by atoms with van der Waals surface area (Å²) in [4.78, 5) is 18.0. The van der Waals surface area contributed by atoms with Crippen LogP contribution in [0.15, 0.2) is 36.8 Å². The van der Waals surface area contributed by atoms with Crippen LogP contribution in [0.5, 0.6) is 5.75 Å². The van der Waals surface area contributed by atoms with Crippen molar-refractivity contribution in [3.8, 4) is 5.75 Å². The molecule has 2 amide bonds. The number of hydrogen-bond donors (Lipinski definition) is 1. The van der Waals surface area contributed by atoms with Gasteiger partial charge >= 0.3 is 6.03 Å². The van der Waals surface area contributed by atoms with E-state index >= 15 is 0 Å². The van der Waals surface area contributed by atoms with Gasteiger partial charge in [-0.1, -0.05) is 11.6 Å². The minimum absolute atomic E-state index is 0.00873. The second-order valence-electron chi connectivity index (χ2n) is 5.58. The fourth-order valence-electron chi connectivity index (χ4n) is 2.64. The molecule has 1 aliphatic heterocycles. The van der Waals surface area contributed by atoms with Gasteiger partial charge in [0.05, 0.1) is 24.3 Å². The summed E-state index contributed by atoms with van der Waals surface area (Å²) in [7, 11) is 1.90. The lowest BCUT2D eigenvalue weighted by Crippen LogP contribution is -2.39. The van der Waals surface area contributed by atoms with E-state index in [2.05, 4.69) is 10.3 Å². The number of aryl methyl sites for hydroxylation is 1. The van der Waals surface area contributed by atoms with E-state index in [0.717, 1.165) is 17.9 Å². The Labute approximate surface area is 140 Å². The normalized spacial score (nSPS) is 17.3. The third kappa shape index (κ3) is 3.96. The number of ether oxygens (including phenoxy) is 1. The van der Waals surface area contributed by atoms with Crippen LogP contribution in [0.1, 0.15) is 12.1 Å². The smallest absolute Gasteiger partial charge is 0.317 e. The predicted molar refractivity (Wildman–Crippen MR) is 87.5 cm³/mol. The molecule has 1 saturated heterocycles. The summed E-state index contributed by atoms with van der Waals surface area (Å²) in [6, 6.07) is 5.47. The van der Waals surface area contributed by atoms with Gasteiger partial charge in [0.2, 0.25) is 0 Å². The second kappa shape index (κ2) is 6.91. The van der Waals surface area contributed by atoms with Crippen molar-refractivity contribution in [3.05, 3.63) is 47.5 Å². The summed E-state index contributed by atoms with van der Waals surface area (Å²) in [6.45, 7) is 1.71. The third-order valence-corrected chi connectivity index (χ3v) is 4.07. The van der Waals surface area contributed by atoms with Crippen molar-refractivity contribution in [2.75, 3.05) is 13.1 Å². The van der Waals surface area contributed by atoms with Gasteiger partial charge in [-0.3, -0.25) is 4.98 Å². The van der Waals surface area contributed by atoms with Crippen LogP contribution < -0.4 is 10.1 Å². The molecule has 122 valence electrons. The predicted octanol–water partition coefficient (Wildman–Crippen LogP) is 2.44. The Kier molecular flexibility index (Phi) is 4.71. The number of hydrogen-bond acceptors (Lipinski definition) is 3. The zero-order valence-electron chi connectivity index (χ0n) is 12.9. The minimum Gasteiger partial charge on any atom is -0.487 e. The number of likely N-dealkylation sites (tertiary alicyclic amines) is 1. The molecule has 3 heterocycles. The second-order valence-corrected chi connectivity index (χ2v) is 6.02. The molecule has 1 unspecified atom stereocenters. The lowest BCUT2D eigenvalue weighted by molar-refractivity contribution is 0.186. The van der Waals surface area contributed by atoms with Crippen molar-refractivity contribution < 1.29 is 9.53 Å². The first kappa shape index (κ1) is 15.7. The molecular formula is C16H19ClN4O2. The van der Waals surface area contributed by atoms with Gasteiger partial charge in [-0.2, -0.15) is 0 Å². The highest BCUT2D eigenvalue weighted by Gasteiger charge is 2.27. The SMILES string of the molecule is Cn1cc(Cl)cc1CNC(=O)N1CCC(Oc2cccnc2)C1. The van der Waals surface area contributed by atoms with E-state index in [0.29, 0.717) is 24.7 Å². The largest absolute Gasteiger partial charge is 0.487 e. The molecule has 1 fully saturated rings. The summed E-state index contributed by atoms with van der Waals surface area (Å²) in [5, 5.41) is 3.59. The van der Waals surface area contributed by atoms with E-state index in [9.17, 15) is 4.79 Å². The lowest BCUT2D eigenvalue weighted by Gasteiger charge is -2.18. The number of nitrogens with zero attached hydrogens (tertiary/aromatic N) is 3. The summed E-state index contributed by atoms with van der Waals surface area (Å²) in [5.74, 6) is 0.734. The quantitative estimate of drug-likeness (QED) is 0.934. The van der Waals surface area contributed by atoms with Gasteiger partial charge in [-0.05, 0) is 18.2 Å². The Hall–Kier alpha value is -2.21. The van der Waals surface area contributed by atoms with Crippen molar-refractivity contribution in [2.45, 2.75) is 19.1 Å². The number of amides is 2. The number of rotatable bonds is 4. The molecule has 1 N–H and O–H groups in total. The van der Waals surface area contributed by atoms with Crippen molar-refractivity contribution in [2.24, 2.45) is 7.05 Å². The van der Waals surface area contributed by atoms with E-state index in [1.165, 1.54) is 0 Å². The van der Waals surface area contributed by atoms with Crippen LogP contribution in [-0.2, 0) is 13.6 Å². The number of halogens is 1. The van der Waals surface area contributed by atoms with Crippen LogP contribution in [0, 0.1) is 0 Å². The fraction of sp³-hybridized carbons (Fsp3) is 0.375. The average Bonchev–Trinajstić information content (AvgIpc) is 3.12. The van der Waals surface area contributed by atoms with E-state index in [-0.39, 0.29) is 12.1 Å². The molecule has 0 spiro atoms. The molecule has 1 atom stereocenters. The van der Waals surface area contributed by atoms with Gasteiger partial charge in [0.1, 0.15) is 11.9 Å².